The first-order chi connectivity index (χ1) is 5.72. The van der Waals surface area contributed by atoms with Crippen LogP contribution in [0.25, 0.3) is 6.08 Å². The fraction of sp³-hybridized carbons (Fsp3) is 0. The predicted molar refractivity (Wildman–Crippen MR) is 43.8 cm³/mol. The molecule has 1 amide bonds. The van der Waals surface area contributed by atoms with E-state index < -0.39 is 11.7 Å². The van der Waals surface area contributed by atoms with Gasteiger partial charge in [-0.05, 0) is 12.1 Å². The maximum absolute atomic E-state index is 11.0. The Morgan fingerprint density at radius 2 is 2.17 bits per heavy atom. The second-order valence-electron chi connectivity index (χ2n) is 2.50. The van der Waals surface area contributed by atoms with Crippen molar-refractivity contribution in [2.45, 2.75) is 0 Å². The van der Waals surface area contributed by atoms with E-state index in [1.54, 1.807) is 12.1 Å². The minimum atomic E-state index is -0.577. The predicted octanol–water partition coefficient (Wildman–Crippen LogP) is 0.792. The van der Waals surface area contributed by atoms with Crippen molar-refractivity contribution in [1.29, 1.82) is 0 Å². The normalized spacial score (nSPS) is 14.3. The SMILES string of the molecule is C=Cc1cc2c([nH]1)C(=O)C(=O)N2. The number of ketones is 1. The van der Waals surface area contributed by atoms with E-state index in [0.717, 1.165) is 5.69 Å². The van der Waals surface area contributed by atoms with Crippen molar-refractivity contribution < 1.29 is 9.59 Å². The largest absolute Gasteiger partial charge is 0.350 e. The number of rotatable bonds is 1. The summed E-state index contributed by atoms with van der Waals surface area (Å²) < 4.78 is 0. The smallest absolute Gasteiger partial charge is 0.298 e. The summed E-state index contributed by atoms with van der Waals surface area (Å²) in [7, 11) is 0. The highest BCUT2D eigenvalue weighted by atomic mass is 16.2. The number of hydrogen-bond donors (Lipinski definition) is 2. The first-order valence-electron chi connectivity index (χ1n) is 3.43. The lowest BCUT2D eigenvalue weighted by atomic mass is 10.3. The molecule has 1 aliphatic rings. The molecule has 4 heteroatoms. The van der Waals surface area contributed by atoms with Crippen LogP contribution in [-0.4, -0.2) is 16.7 Å². The van der Waals surface area contributed by atoms with Gasteiger partial charge in [0.05, 0.1) is 5.69 Å². The number of nitrogens with one attached hydrogen (secondary N) is 2. The number of H-pyrrole nitrogens is 1. The number of aromatic nitrogens is 1. The molecule has 60 valence electrons. The molecule has 2 rings (SSSR count). The lowest BCUT2D eigenvalue weighted by Gasteiger charge is -1.87. The van der Waals surface area contributed by atoms with Gasteiger partial charge in [0.1, 0.15) is 5.69 Å². The van der Waals surface area contributed by atoms with E-state index in [4.69, 9.17) is 0 Å². The Labute approximate surface area is 68.3 Å². The van der Waals surface area contributed by atoms with E-state index in [9.17, 15) is 9.59 Å². The van der Waals surface area contributed by atoms with Gasteiger partial charge in [0.25, 0.3) is 11.7 Å². The fourth-order valence-corrected chi connectivity index (χ4v) is 1.16. The Balaban J connectivity index is 2.56. The Kier molecular flexibility index (Phi) is 1.18. The molecule has 1 aromatic heterocycles. The second kappa shape index (κ2) is 2.07. The van der Waals surface area contributed by atoms with E-state index in [2.05, 4.69) is 16.9 Å². The molecule has 0 spiro atoms. The summed E-state index contributed by atoms with van der Waals surface area (Å²) in [5.74, 6) is -1.09. The summed E-state index contributed by atoms with van der Waals surface area (Å²) in [5.41, 5.74) is 1.60. The topological polar surface area (TPSA) is 62.0 Å². The van der Waals surface area contributed by atoms with E-state index in [1.807, 2.05) is 0 Å². The van der Waals surface area contributed by atoms with Gasteiger partial charge in [-0.15, -0.1) is 0 Å². The van der Waals surface area contributed by atoms with Gasteiger partial charge in [-0.2, -0.15) is 0 Å². The Morgan fingerprint density at radius 3 is 2.75 bits per heavy atom. The lowest BCUT2D eigenvalue weighted by Crippen LogP contribution is -2.13. The molecule has 0 aliphatic carbocycles. The molecular formula is C8H6N2O2. The quantitative estimate of drug-likeness (QED) is 0.600. The van der Waals surface area contributed by atoms with Gasteiger partial charge < -0.3 is 10.3 Å². The molecule has 1 aliphatic heterocycles. The van der Waals surface area contributed by atoms with Crippen LogP contribution in [0.1, 0.15) is 16.2 Å². The van der Waals surface area contributed by atoms with Crippen LogP contribution in [0, 0.1) is 0 Å². The van der Waals surface area contributed by atoms with Crippen molar-refractivity contribution in [3.63, 3.8) is 0 Å². The minimum Gasteiger partial charge on any atom is -0.350 e. The molecule has 0 saturated carbocycles. The van der Waals surface area contributed by atoms with Crippen LogP contribution < -0.4 is 5.32 Å². The molecule has 0 fully saturated rings. The number of carbonyl (C=O) groups is 2. The van der Waals surface area contributed by atoms with Crippen LogP contribution in [0.4, 0.5) is 5.69 Å². The molecule has 0 aromatic carbocycles. The molecule has 1 aromatic rings. The van der Waals surface area contributed by atoms with Crippen molar-refractivity contribution in [2.24, 2.45) is 0 Å². The molecule has 0 bridgehead atoms. The third kappa shape index (κ3) is 0.717. The van der Waals surface area contributed by atoms with Gasteiger partial charge in [0.2, 0.25) is 0 Å². The van der Waals surface area contributed by atoms with Crippen molar-refractivity contribution in [3.8, 4) is 0 Å². The van der Waals surface area contributed by atoms with Gasteiger partial charge in [0, 0.05) is 5.69 Å². The standard InChI is InChI=1S/C8H6N2O2/c1-2-4-3-5-6(9-4)7(11)8(12)10-5/h2-3,9H,1H2,(H,10,11,12). The van der Waals surface area contributed by atoms with E-state index >= 15 is 0 Å². The van der Waals surface area contributed by atoms with E-state index in [0.29, 0.717) is 11.4 Å². The summed E-state index contributed by atoms with van der Waals surface area (Å²) >= 11 is 0. The molecule has 0 radical (unpaired) electrons. The maximum Gasteiger partial charge on any atom is 0.298 e. The maximum atomic E-state index is 11.0. The molecule has 4 nitrogen and oxygen atoms in total. The number of carbonyl (C=O) groups excluding carboxylic acids is 2. The van der Waals surface area contributed by atoms with Crippen LogP contribution in [0.2, 0.25) is 0 Å². The monoisotopic (exact) mass is 162 g/mol. The minimum absolute atomic E-state index is 0.329. The van der Waals surface area contributed by atoms with Gasteiger partial charge in [-0.25, -0.2) is 0 Å². The first-order valence-corrected chi connectivity index (χ1v) is 3.43. The summed E-state index contributed by atoms with van der Waals surface area (Å²) in [6.07, 6.45) is 1.58. The molecule has 0 saturated heterocycles. The molecule has 0 unspecified atom stereocenters. The average molecular weight is 162 g/mol. The van der Waals surface area contributed by atoms with Crippen molar-refractivity contribution in [3.05, 3.63) is 24.0 Å². The highest BCUT2D eigenvalue weighted by molar-refractivity contribution is 6.51. The number of anilines is 1. The lowest BCUT2D eigenvalue weighted by molar-refractivity contribution is -0.112. The highest BCUT2D eigenvalue weighted by Crippen LogP contribution is 2.23. The number of fused-ring (bicyclic) bond motifs is 1. The van der Waals surface area contributed by atoms with Gasteiger partial charge in [-0.3, -0.25) is 9.59 Å². The summed E-state index contributed by atoms with van der Waals surface area (Å²) in [6, 6.07) is 1.67. The Hall–Kier alpha value is -1.84. The van der Waals surface area contributed by atoms with Crippen LogP contribution in [0.5, 0.6) is 0 Å². The van der Waals surface area contributed by atoms with Crippen molar-refractivity contribution in [2.75, 3.05) is 5.32 Å². The number of amides is 1. The van der Waals surface area contributed by atoms with Crippen LogP contribution in [0.3, 0.4) is 0 Å². The Bertz CT molecular complexity index is 390. The second-order valence-corrected chi connectivity index (χ2v) is 2.50. The summed E-state index contributed by atoms with van der Waals surface area (Å²) in [6.45, 7) is 3.53. The Morgan fingerprint density at radius 1 is 1.42 bits per heavy atom. The zero-order chi connectivity index (χ0) is 8.72. The van der Waals surface area contributed by atoms with Crippen LogP contribution in [0.15, 0.2) is 12.6 Å². The molecule has 12 heavy (non-hydrogen) atoms. The van der Waals surface area contributed by atoms with E-state index in [-0.39, 0.29) is 0 Å². The van der Waals surface area contributed by atoms with Gasteiger partial charge in [0.15, 0.2) is 0 Å². The first kappa shape index (κ1) is 6.84. The number of aromatic amines is 1. The van der Waals surface area contributed by atoms with Crippen LogP contribution >= 0.6 is 0 Å². The molecule has 0 atom stereocenters. The van der Waals surface area contributed by atoms with Crippen molar-refractivity contribution in [1.82, 2.24) is 4.98 Å². The van der Waals surface area contributed by atoms with Crippen LogP contribution in [-0.2, 0) is 4.79 Å². The summed E-state index contributed by atoms with van der Waals surface area (Å²) in [4.78, 5) is 24.6. The number of hydrogen-bond acceptors (Lipinski definition) is 2. The number of Topliss-reactive ketones (excluding diaryl/α,β-unsaturated/α-hetero) is 1. The third-order valence-electron chi connectivity index (χ3n) is 1.74. The molecular weight excluding hydrogens is 156 g/mol. The summed E-state index contributed by atoms with van der Waals surface area (Å²) in [5, 5.41) is 2.43. The third-order valence-corrected chi connectivity index (χ3v) is 1.74. The molecule has 2 heterocycles. The van der Waals surface area contributed by atoms with Gasteiger partial charge in [-0.1, -0.05) is 6.58 Å². The van der Waals surface area contributed by atoms with E-state index in [1.165, 1.54) is 0 Å². The average Bonchev–Trinajstić information content (AvgIpc) is 2.55. The zero-order valence-corrected chi connectivity index (χ0v) is 6.18. The zero-order valence-electron chi connectivity index (χ0n) is 6.18. The van der Waals surface area contributed by atoms with Gasteiger partial charge >= 0.3 is 0 Å². The fourth-order valence-electron chi connectivity index (χ4n) is 1.16. The van der Waals surface area contributed by atoms with Crippen molar-refractivity contribution >= 4 is 23.5 Å². The highest BCUT2D eigenvalue weighted by Gasteiger charge is 2.29. The molecule has 2 N–H and O–H groups in total.